The molecule has 1 fully saturated rings. The van der Waals surface area contributed by atoms with Crippen molar-refractivity contribution in [3.05, 3.63) is 29.8 Å². The number of hydrogen-bond donors (Lipinski definition) is 3. The van der Waals surface area contributed by atoms with Gasteiger partial charge in [0, 0.05) is 12.6 Å². The predicted octanol–water partition coefficient (Wildman–Crippen LogP) is 0.719. The summed E-state index contributed by atoms with van der Waals surface area (Å²) in [5, 5.41) is 22.3. The summed E-state index contributed by atoms with van der Waals surface area (Å²) in [6, 6.07) is 7.01. The number of benzene rings is 1. The first kappa shape index (κ1) is 12.9. The van der Waals surface area contributed by atoms with Gasteiger partial charge >= 0.3 is 5.97 Å². The van der Waals surface area contributed by atoms with Crippen molar-refractivity contribution in [2.45, 2.75) is 24.5 Å². The first-order chi connectivity index (χ1) is 8.53. The molecule has 3 N–H and O–H groups in total. The highest BCUT2D eigenvalue weighted by Crippen LogP contribution is 2.32. The first-order valence-corrected chi connectivity index (χ1v) is 5.85. The Bertz CT molecular complexity index is 431. The van der Waals surface area contributed by atoms with Crippen LogP contribution < -0.4 is 10.1 Å². The molecule has 0 bridgehead atoms. The highest BCUT2D eigenvalue weighted by atomic mass is 16.5. The van der Waals surface area contributed by atoms with Gasteiger partial charge in [-0.15, -0.1) is 0 Å². The molecule has 1 aliphatic rings. The average Bonchev–Trinajstić information content (AvgIpc) is 2.71. The van der Waals surface area contributed by atoms with E-state index < -0.39 is 11.6 Å². The number of methoxy groups -OCH3 is 1. The van der Waals surface area contributed by atoms with Gasteiger partial charge < -0.3 is 20.3 Å². The van der Waals surface area contributed by atoms with Crippen molar-refractivity contribution in [1.82, 2.24) is 5.32 Å². The summed E-state index contributed by atoms with van der Waals surface area (Å²) in [5.74, 6) is -0.123. The zero-order chi connectivity index (χ0) is 13.2. The van der Waals surface area contributed by atoms with Crippen molar-refractivity contribution in [3.63, 3.8) is 0 Å². The van der Waals surface area contributed by atoms with Crippen LogP contribution in [0.25, 0.3) is 0 Å². The van der Waals surface area contributed by atoms with Crippen LogP contribution in [-0.2, 0) is 10.4 Å². The molecule has 2 rings (SSSR count). The number of aliphatic carboxylic acids is 1. The van der Waals surface area contributed by atoms with E-state index >= 15 is 0 Å². The average molecular weight is 251 g/mol. The Balaban J connectivity index is 2.09. The smallest absolute Gasteiger partial charge is 0.304 e. The van der Waals surface area contributed by atoms with Crippen molar-refractivity contribution < 1.29 is 19.7 Å². The van der Waals surface area contributed by atoms with Crippen LogP contribution in [0.3, 0.4) is 0 Å². The monoisotopic (exact) mass is 251 g/mol. The molecular weight excluding hydrogens is 234 g/mol. The molecule has 0 unspecified atom stereocenters. The summed E-state index contributed by atoms with van der Waals surface area (Å²) in [4.78, 5) is 10.6. The molecule has 18 heavy (non-hydrogen) atoms. The van der Waals surface area contributed by atoms with Crippen LogP contribution in [0.2, 0.25) is 0 Å². The second kappa shape index (κ2) is 4.96. The van der Waals surface area contributed by atoms with Gasteiger partial charge in [0.1, 0.15) is 11.4 Å². The number of carboxylic acids is 1. The van der Waals surface area contributed by atoms with E-state index in [4.69, 9.17) is 9.84 Å². The van der Waals surface area contributed by atoms with E-state index in [1.165, 1.54) is 0 Å². The van der Waals surface area contributed by atoms with E-state index in [1.54, 1.807) is 19.2 Å². The quantitative estimate of drug-likeness (QED) is 0.735. The minimum Gasteiger partial charge on any atom is -0.497 e. The van der Waals surface area contributed by atoms with Crippen LogP contribution in [0.4, 0.5) is 0 Å². The Morgan fingerprint density at radius 2 is 2.17 bits per heavy atom. The van der Waals surface area contributed by atoms with Crippen LogP contribution in [0.5, 0.6) is 5.75 Å². The summed E-state index contributed by atoms with van der Waals surface area (Å²) in [6.07, 6.45) is 0.435. The zero-order valence-electron chi connectivity index (χ0n) is 10.2. The molecule has 0 aromatic heterocycles. The Hall–Kier alpha value is -1.59. The number of ether oxygens (including phenoxy) is 1. The lowest BCUT2D eigenvalue weighted by molar-refractivity contribution is -0.137. The number of rotatable bonds is 4. The molecule has 5 nitrogen and oxygen atoms in total. The zero-order valence-corrected chi connectivity index (χ0v) is 10.2. The van der Waals surface area contributed by atoms with E-state index in [0.29, 0.717) is 13.0 Å². The molecule has 1 saturated heterocycles. The fourth-order valence-corrected chi connectivity index (χ4v) is 2.34. The third-order valence-electron chi connectivity index (χ3n) is 3.32. The highest BCUT2D eigenvalue weighted by molar-refractivity contribution is 5.67. The third kappa shape index (κ3) is 2.63. The van der Waals surface area contributed by atoms with Gasteiger partial charge in [-0.3, -0.25) is 4.79 Å². The fraction of sp³-hybridized carbons (Fsp3) is 0.462. The standard InChI is InChI=1S/C13H17NO4/c1-18-11-4-2-9(3-5-11)13(17)7-10(14-8-13)6-12(15)16/h2-5,10,14,17H,6-8H2,1H3,(H,15,16)/t10-,13+/m1/s1. The molecule has 1 aromatic carbocycles. The lowest BCUT2D eigenvalue weighted by Crippen LogP contribution is -2.28. The molecule has 98 valence electrons. The van der Waals surface area contributed by atoms with Crippen molar-refractivity contribution >= 4 is 5.97 Å². The maximum absolute atomic E-state index is 10.6. The Kier molecular flexibility index (Phi) is 3.54. The van der Waals surface area contributed by atoms with Gasteiger partial charge in [-0.1, -0.05) is 12.1 Å². The second-order valence-electron chi connectivity index (χ2n) is 4.64. The number of hydrogen-bond acceptors (Lipinski definition) is 4. The molecule has 1 heterocycles. The fourth-order valence-electron chi connectivity index (χ4n) is 2.34. The minimum absolute atomic E-state index is 0.0263. The Morgan fingerprint density at radius 3 is 2.72 bits per heavy atom. The van der Waals surface area contributed by atoms with E-state index in [1.807, 2.05) is 12.1 Å². The highest BCUT2D eigenvalue weighted by Gasteiger charge is 2.39. The van der Waals surface area contributed by atoms with Gasteiger partial charge in [0.25, 0.3) is 0 Å². The lowest BCUT2D eigenvalue weighted by atomic mass is 9.90. The van der Waals surface area contributed by atoms with Gasteiger partial charge in [-0.2, -0.15) is 0 Å². The predicted molar refractivity (Wildman–Crippen MR) is 65.6 cm³/mol. The summed E-state index contributed by atoms with van der Waals surface area (Å²) in [6.45, 7) is 0.372. The Morgan fingerprint density at radius 1 is 1.50 bits per heavy atom. The van der Waals surface area contributed by atoms with Gasteiger partial charge in [0.15, 0.2) is 0 Å². The van der Waals surface area contributed by atoms with Crippen molar-refractivity contribution in [3.8, 4) is 5.75 Å². The van der Waals surface area contributed by atoms with Crippen molar-refractivity contribution in [1.29, 1.82) is 0 Å². The number of carbonyl (C=O) groups is 1. The topological polar surface area (TPSA) is 78.8 Å². The number of nitrogens with one attached hydrogen (secondary N) is 1. The van der Waals surface area contributed by atoms with Crippen LogP contribution in [-0.4, -0.2) is 35.9 Å². The molecule has 0 radical (unpaired) electrons. The maximum atomic E-state index is 10.6. The van der Waals surface area contributed by atoms with Crippen LogP contribution in [0.15, 0.2) is 24.3 Å². The molecule has 0 spiro atoms. The lowest BCUT2D eigenvalue weighted by Gasteiger charge is -2.22. The van der Waals surface area contributed by atoms with Crippen molar-refractivity contribution in [2.75, 3.05) is 13.7 Å². The van der Waals surface area contributed by atoms with Gasteiger partial charge in [-0.05, 0) is 24.1 Å². The maximum Gasteiger partial charge on any atom is 0.304 e. The van der Waals surface area contributed by atoms with Gasteiger partial charge in [-0.25, -0.2) is 0 Å². The molecule has 0 amide bonds. The van der Waals surface area contributed by atoms with E-state index in [2.05, 4.69) is 5.32 Å². The van der Waals surface area contributed by atoms with Crippen molar-refractivity contribution in [2.24, 2.45) is 0 Å². The number of β-amino-alcohol motifs (C(OH)–C–C–N with tert-alkyl or cyclic N) is 1. The largest absolute Gasteiger partial charge is 0.497 e. The minimum atomic E-state index is -0.994. The van der Waals surface area contributed by atoms with E-state index in [9.17, 15) is 9.90 Å². The van der Waals surface area contributed by atoms with Gasteiger partial charge in [0.05, 0.1) is 13.5 Å². The molecule has 1 aromatic rings. The van der Waals surface area contributed by atoms with E-state index in [-0.39, 0.29) is 12.5 Å². The second-order valence-corrected chi connectivity index (χ2v) is 4.64. The number of aliphatic hydroxyl groups is 1. The number of carboxylic acid groups (broad SMARTS) is 1. The van der Waals surface area contributed by atoms with E-state index in [0.717, 1.165) is 11.3 Å². The molecule has 5 heteroatoms. The molecule has 1 aliphatic heterocycles. The molecule has 0 saturated carbocycles. The summed E-state index contributed by atoms with van der Waals surface area (Å²) < 4.78 is 5.06. The summed E-state index contributed by atoms with van der Waals surface area (Å²) >= 11 is 0. The summed E-state index contributed by atoms with van der Waals surface area (Å²) in [7, 11) is 1.59. The molecular formula is C13H17NO4. The van der Waals surface area contributed by atoms with Crippen LogP contribution >= 0.6 is 0 Å². The third-order valence-corrected chi connectivity index (χ3v) is 3.32. The SMILES string of the molecule is COc1ccc([C@@]2(O)CN[C@H](CC(=O)O)C2)cc1. The summed E-state index contributed by atoms with van der Waals surface area (Å²) in [5.41, 5.74) is -0.212. The van der Waals surface area contributed by atoms with Crippen LogP contribution in [0, 0.1) is 0 Å². The normalized spacial score (nSPS) is 27.1. The Labute approximate surface area is 105 Å². The molecule has 0 aliphatic carbocycles. The molecule has 2 atom stereocenters. The van der Waals surface area contributed by atoms with Gasteiger partial charge in [0.2, 0.25) is 0 Å². The van der Waals surface area contributed by atoms with Crippen LogP contribution in [0.1, 0.15) is 18.4 Å². The first-order valence-electron chi connectivity index (χ1n) is 5.85.